The largest absolute Gasteiger partial charge is 0.494 e. The SMILES string of the molecule is CCOc1ccc(SCC(=O)N(CCO)CC(F)F)cc1. The summed E-state index contributed by atoms with van der Waals surface area (Å²) in [4.78, 5) is 13.7. The number of hydrogen-bond acceptors (Lipinski definition) is 4. The number of thioether (sulfide) groups is 1. The fraction of sp³-hybridized carbons (Fsp3) is 0.500. The van der Waals surface area contributed by atoms with E-state index in [1.807, 2.05) is 19.1 Å². The monoisotopic (exact) mass is 319 g/mol. The molecule has 0 aromatic heterocycles. The number of carbonyl (C=O) groups is 1. The molecule has 21 heavy (non-hydrogen) atoms. The standard InChI is InChI=1S/C14H19F2NO3S/c1-2-20-11-3-5-12(6-4-11)21-10-14(19)17(7-8-18)9-13(15)16/h3-6,13,18H,2,7-10H2,1H3. The van der Waals surface area contributed by atoms with E-state index in [2.05, 4.69) is 0 Å². The van der Waals surface area contributed by atoms with Crippen LogP contribution in [-0.2, 0) is 4.79 Å². The van der Waals surface area contributed by atoms with Gasteiger partial charge in [0.25, 0.3) is 6.43 Å². The maximum Gasteiger partial charge on any atom is 0.255 e. The van der Waals surface area contributed by atoms with Gasteiger partial charge in [-0.05, 0) is 31.2 Å². The van der Waals surface area contributed by atoms with Gasteiger partial charge in [-0.3, -0.25) is 4.79 Å². The predicted molar refractivity (Wildman–Crippen MR) is 78.0 cm³/mol. The van der Waals surface area contributed by atoms with Gasteiger partial charge in [0, 0.05) is 11.4 Å². The number of nitrogens with zero attached hydrogens (tertiary/aromatic N) is 1. The predicted octanol–water partition coefficient (Wildman–Crippen LogP) is 2.26. The van der Waals surface area contributed by atoms with Crippen molar-refractivity contribution in [2.24, 2.45) is 0 Å². The number of rotatable bonds is 9. The molecule has 7 heteroatoms. The molecule has 0 atom stereocenters. The summed E-state index contributed by atoms with van der Waals surface area (Å²) < 4.78 is 30.0. The van der Waals surface area contributed by atoms with Gasteiger partial charge in [0.15, 0.2) is 0 Å². The zero-order valence-corrected chi connectivity index (χ0v) is 12.6. The molecule has 0 heterocycles. The Bertz CT molecular complexity index is 429. The first-order valence-corrected chi connectivity index (χ1v) is 7.57. The lowest BCUT2D eigenvalue weighted by atomic mass is 10.3. The number of ether oxygens (including phenoxy) is 1. The van der Waals surface area contributed by atoms with Gasteiger partial charge in [0.1, 0.15) is 5.75 Å². The smallest absolute Gasteiger partial charge is 0.255 e. The minimum Gasteiger partial charge on any atom is -0.494 e. The Kier molecular flexibility index (Phi) is 8.07. The van der Waals surface area contributed by atoms with Crippen molar-refractivity contribution >= 4 is 17.7 Å². The first kappa shape index (κ1) is 17.7. The lowest BCUT2D eigenvalue weighted by molar-refractivity contribution is -0.130. The maximum absolute atomic E-state index is 12.4. The van der Waals surface area contributed by atoms with Crippen molar-refractivity contribution in [3.05, 3.63) is 24.3 Å². The fourth-order valence-corrected chi connectivity index (χ4v) is 2.44. The molecule has 118 valence electrons. The molecule has 0 aliphatic carbocycles. The summed E-state index contributed by atoms with van der Waals surface area (Å²) in [7, 11) is 0. The van der Waals surface area contributed by atoms with E-state index in [4.69, 9.17) is 9.84 Å². The Morgan fingerprint density at radius 1 is 1.38 bits per heavy atom. The van der Waals surface area contributed by atoms with Gasteiger partial charge in [-0.15, -0.1) is 11.8 Å². The molecule has 1 aromatic rings. The van der Waals surface area contributed by atoms with Gasteiger partial charge in [-0.2, -0.15) is 0 Å². The molecule has 0 saturated carbocycles. The molecule has 0 unspecified atom stereocenters. The van der Waals surface area contributed by atoms with Crippen LogP contribution in [0.4, 0.5) is 8.78 Å². The van der Waals surface area contributed by atoms with Crippen molar-refractivity contribution in [2.45, 2.75) is 18.2 Å². The third-order valence-corrected chi connectivity index (χ3v) is 3.57. The van der Waals surface area contributed by atoms with E-state index in [1.165, 1.54) is 11.8 Å². The van der Waals surface area contributed by atoms with Gasteiger partial charge in [0.05, 0.1) is 25.5 Å². The summed E-state index contributed by atoms with van der Waals surface area (Å²) >= 11 is 1.26. The first-order valence-electron chi connectivity index (χ1n) is 6.59. The van der Waals surface area contributed by atoms with Crippen molar-refractivity contribution in [1.29, 1.82) is 0 Å². The molecule has 0 fully saturated rings. The highest BCUT2D eigenvalue weighted by Gasteiger charge is 2.17. The average molecular weight is 319 g/mol. The fourth-order valence-electron chi connectivity index (χ4n) is 1.64. The van der Waals surface area contributed by atoms with Gasteiger partial charge >= 0.3 is 0 Å². The topological polar surface area (TPSA) is 49.8 Å². The third-order valence-electron chi connectivity index (χ3n) is 2.58. The van der Waals surface area contributed by atoms with Crippen LogP contribution in [0.1, 0.15) is 6.92 Å². The second kappa shape index (κ2) is 9.57. The van der Waals surface area contributed by atoms with Crippen molar-refractivity contribution < 1.29 is 23.4 Å². The van der Waals surface area contributed by atoms with Gasteiger partial charge in [-0.1, -0.05) is 0 Å². The van der Waals surface area contributed by atoms with Crippen LogP contribution in [0.2, 0.25) is 0 Å². The summed E-state index contributed by atoms with van der Waals surface area (Å²) in [5.74, 6) is 0.386. The minimum absolute atomic E-state index is 0.0563. The van der Waals surface area contributed by atoms with Crippen LogP contribution >= 0.6 is 11.8 Å². The van der Waals surface area contributed by atoms with Crippen LogP contribution < -0.4 is 4.74 Å². The molecule has 0 radical (unpaired) electrons. The van der Waals surface area contributed by atoms with Gasteiger partial charge in [0.2, 0.25) is 5.91 Å². The molecule has 0 spiro atoms. The Morgan fingerprint density at radius 3 is 2.57 bits per heavy atom. The van der Waals surface area contributed by atoms with Crippen molar-refractivity contribution in [2.75, 3.05) is 32.1 Å². The summed E-state index contributed by atoms with van der Waals surface area (Å²) in [6.45, 7) is 1.41. The molecular formula is C14H19F2NO3S. The van der Waals surface area contributed by atoms with E-state index >= 15 is 0 Å². The van der Waals surface area contributed by atoms with Crippen LogP contribution in [-0.4, -0.2) is 54.4 Å². The molecule has 1 amide bonds. The Hall–Kier alpha value is -1.34. The number of carbonyl (C=O) groups excluding carboxylic acids is 1. The number of benzene rings is 1. The molecule has 0 aliphatic rings. The highest BCUT2D eigenvalue weighted by Crippen LogP contribution is 2.21. The molecule has 4 nitrogen and oxygen atoms in total. The Morgan fingerprint density at radius 2 is 2.05 bits per heavy atom. The zero-order chi connectivity index (χ0) is 15.7. The lowest BCUT2D eigenvalue weighted by Gasteiger charge is -2.21. The van der Waals surface area contributed by atoms with Crippen LogP contribution in [0.5, 0.6) is 5.75 Å². The van der Waals surface area contributed by atoms with Crippen molar-refractivity contribution in [3.63, 3.8) is 0 Å². The molecule has 1 rings (SSSR count). The van der Waals surface area contributed by atoms with Crippen LogP contribution in [0.3, 0.4) is 0 Å². The molecule has 0 aliphatic heterocycles. The number of aliphatic hydroxyl groups is 1. The zero-order valence-electron chi connectivity index (χ0n) is 11.8. The van der Waals surface area contributed by atoms with E-state index in [0.717, 1.165) is 15.5 Å². The second-order valence-corrected chi connectivity index (χ2v) is 5.20. The summed E-state index contributed by atoms with van der Waals surface area (Å²) in [6.07, 6.45) is -2.60. The van der Waals surface area contributed by atoms with E-state index in [9.17, 15) is 13.6 Å². The maximum atomic E-state index is 12.4. The van der Waals surface area contributed by atoms with E-state index < -0.39 is 18.9 Å². The molecule has 1 N–H and O–H groups in total. The first-order chi connectivity index (χ1) is 10.1. The quantitative estimate of drug-likeness (QED) is 0.709. The molecule has 0 bridgehead atoms. The number of halogens is 2. The number of amides is 1. The number of alkyl halides is 2. The summed E-state index contributed by atoms with van der Waals surface area (Å²) in [5.41, 5.74) is 0. The molecular weight excluding hydrogens is 300 g/mol. The Balaban J connectivity index is 2.49. The molecule has 0 saturated heterocycles. The third kappa shape index (κ3) is 6.77. The van der Waals surface area contributed by atoms with Crippen LogP contribution in [0.15, 0.2) is 29.2 Å². The second-order valence-electron chi connectivity index (χ2n) is 4.15. The van der Waals surface area contributed by atoms with Crippen LogP contribution in [0, 0.1) is 0 Å². The minimum atomic E-state index is -2.60. The lowest BCUT2D eigenvalue weighted by Crippen LogP contribution is -2.38. The highest BCUT2D eigenvalue weighted by molar-refractivity contribution is 8.00. The van der Waals surface area contributed by atoms with E-state index in [0.29, 0.717) is 6.61 Å². The number of aliphatic hydroxyl groups excluding tert-OH is 1. The van der Waals surface area contributed by atoms with Crippen LogP contribution in [0.25, 0.3) is 0 Å². The molecule has 1 aromatic carbocycles. The summed E-state index contributed by atoms with van der Waals surface area (Å²) in [5, 5.41) is 8.81. The van der Waals surface area contributed by atoms with Gasteiger partial charge in [-0.25, -0.2) is 8.78 Å². The Labute approximate surface area is 127 Å². The van der Waals surface area contributed by atoms with E-state index in [-0.39, 0.29) is 18.9 Å². The normalized spacial score (nSPS) is 10.7. The van der Waals surface area contributed by atoms with Crippen molar-refractivity contribution in [3.8, 4) is 5.75 Å². The summed E-state index contributed by atoms with van der Waals surface area (Å²) in [6, 6.07) is 7.21. The van der Waals surface area contributed by atoms with E-state index in [1.54, 1.807) is 12.1 Å². The van der Waals surface area contributed by atoms with Gasteiger partial charge < -0.3 is 14.7 Å². The van der Waals surface area contributed by atoms with Crippen molar-refractivity contribution in [1.82, 2.24) is 4.90 Å². The average Bonchev–Trinajstić information content (AvgIpc) is 2.45. The number of hydrogen-bond donors (Lipinski definition) is 1. The highest BCUT2D eigenvalue weighted by atomic mass is 32.2.